The molecule has 0 unspecified atom stereocenters. The number of rotatable bonds is 5. The van der Waals surface area contributed by atoms with E-state index in [4.69, 9.17) is 23.2 Å². The Labute approximate surface area is 254 Å². The lowest BCUT2D eigenvalue weighted by molar-refractivity contribution is -0.139. The number of phenolic OH excluding ortho intramolecular Hbond substituents is 1. The Hall–Kier alpha value is -4.34. The number of nitrogens with one attached hydrogen (secondary N) is 1. The van der Waals surface area contributed by atoms with Crippen LogP contribution in [-0.2, 0) is 21.2 Å². The molecule has 43 heavy (non-hydrogen) atoms. The van der Waals surface area contributed by atoms with Crippen molar-refractivity contribution in [2.24, 2.45) is 5.92 Å². The first kappa shape index (κ1) is 28.8. The number of benzene rings is 3. The molecule has 218 valence electrons. The molecule has 0 bridgehead atoms. The molecule has 1 aliphatic heterocycles. The van der Waals surface area contributed by atoms with E-state index in [9.17, 15) is 27.9 Å². The molecule has 1 saturated heterocycles. The van der Waals surface area contributed by atoms with E-state index >= 15 is 0 Å². The Morgan fingerprint density at radius 1 is 1.07 bits per heavy atom. The molecule has 0 radical (unpaired) electrons. The number of amides is 2. The maximum absolute atomic E-state index is 14.8. The standard InChI is InChI=1S/C32H22Cl2F3N3O3/c1-2-17-7-13-23-29(42)40(39-28-24(34)15-20(16-38-28)32(35,36)37)30(43)31(23,19-9-11-21(33)12-10-19)27(17)26-22-6-4-3-5-18(22)8-14-25(26)41/h2-12,14-16,23,27,41H,1,13H2,(H,38,39)/t23-,27+,31+/m0/s1. The van der Waals surface area contributed by atoms with E-state index in [1.807, 2.05) is 30.3 Å². The van der Waals surface area contributed by atoms with E-state index in [0.717, 1.165) is 10.4 Å². The Morgan fingerprint density at radius 2 is 1.79 bits per heavy atom. The molecule has 6 rings (SSSR count). The van der Waals surface area contributed by atoms with E-state index < -0.39 is 45.8 Å². The van der Waals surface area contributed by atoms with Gasteiger partial charge in [-0.15, -0.1) is 0 Å². The number of carbonyl (C=O) groups excluding carboxylic acids is 2. The molecule has 2 heterocycles. The van der Waals surface area contributed by atoms with E-state index in [0.29, 0.717) is 39.4 Å². The Kier molecular flexibility index (Phi) is 6.98. The van der Waals surface area contributed by atoms with Crippen LogP contribution in [0.15, 0.2) is 97.2 Å². The number of pyridine rings is 1. The lowest BCUT2D eigenvalue weighted by atomic mass is 9.55. The fraction of sp³-hybridized carbons (Fsp3) is 0.156. The van der Waals surface area contributed by atoms with Crippen LogP contribution in [0.4, 0.5) is 19.0 Å². The molecule has 2 amide bonds. The fourth-order valence-electron chi connectivity index (χ4n) is 6.32. The highest BCUT2D eigenvalue weighted by atomic mass is 35.5. The third-order valence-corrected chi connectivity index (χ3v) is 8.72. The average Bonchev–Trinajstić information content (AvgIpc) is 3.20. The first-order chi connectivity index (χ1) is 20.5. The van der Waals surface area contributed by atoms with Crippen LogP contribution in [0.3, 0.4) is 0 Å². The number of hydrazine groups is 1. The molecule has 11 heteroatoms. The molecule has 4 aromatic rings. The molecule has 2 N–H and O–H groups in total. The highest BCUT2D eigenvalue weighted by Crippen LogP contribution is 2.59. The zero-order valence-electron chi connectivity index (χ0n) is 22.2. The summed E-state index contributed by atoms with van der Waals surface area (Å²) < 4.78 is 39.7. The number of anilines is 1. The molecular formula is C32H22Cl2F3N3O3. The maximum Gasteiger partial charge on any atom is 0.417 e. The highest BCUT2D eigenvalue weighted by Gasteiger charge is 2.66. The van der Waals surface area contributed by atoms with Crippen LogP contribution in [0, 0.1) is 5.92 Å². The first-order valence-electron chi connectivity index (χ1n) is 13.2. The van der Waals surface area contributed by atoms with Crippen LogP contribution in [0.25, 0.3) is 10.8 Å². The van der Waals surface area contributed by atoms with Gasteiger partial charge in [0, 0.05) is 22.7 Å². The predicted molar refractivity (Wildman–Crippen MR) is 158 cm³/mol. The number of nitrogens with zero attached hydrogens (tertiary/aromatic N) is 2. The van der Waals surface area contributed by atoms with Crippen LogP contribution in [0.5, 0.6) is 5.75 Å². The maximum atomic E-state index is 14.8. The number of aromatic nitrogens is 1. The molecular weight excluding hydrogens is 602 g/mol. The number of fused-ring (bicyclic) bond motifs is 2. The molecule has 1 aromatic heterocycles. The Balaban J connectivity index is 1.58. The van der Waals surface area contributed by atoms with Crippen LogP contribution < -0.4 is 5.43 Å². The number of alkyl halides is 3. The number of allylic oxidation sites excluding steroid dienone is 3. The van der Waals surface area contributed by atoms with Gasteiger partial charge in [0.15, 0.2) is 5.82 Å². The van der Waals surface area contributed by atoms with Crippen molar-refractivity contribution in [2.75, 3.05) is 5.43 Å². The summed E-state index contributed by atoms with van der Waals surface area (Å²) in [7, 11) is 0. The molecule has 2 aliphatic rings. The number of carbonyl (C=O) groups is 2. The van der Waals surface area contributed by atoms with Crippen molar-refractivity contribution in [3.8, 4) is 5.75 Å². The fourth-order valence-corrected chi connectivity index (χ4v) is 6.65. The summed E-state index contributed by atoms with van der Waals surface area (Å²) >= 11 is 12.4. The minimum Gasteiger partial charge on any atom is -0.508 e. The molecule has 1 aliphatic carbocycles. The van der Waals surface area contributed by atoms with Gasteiger partial charge < -0.3 is 5.11 Å². The minimum atomic E-state index is -4.69. The molecule has 3 aromatic carbocycles. The molecule has 0 spiro atoms. The van der Waals surface area contributed by atoms with Gasteiger partial charge in [-0.1, -0.05) is 84.4 Å². The van der Waals surface area contributed by atoms with Crippen LogP contribution >= 0.6 is 23.2 Å². The van der Waals surface area contributed by atoms with Crippen molar-refractivity contribution in [1.82, 2.24) is 9.99 Å². The zero-order chi connectivity index (χ0) is 30.7. The summed E-state index contributed by atoms with van der Waals surface area (Å²) in [5, 5.41) is 13.6. The molecule has 6 nitrogen and oxygen atoms in total. The molecule has 1 fully saturated rings. The van der Waals surface area contributed by atoms with Gasteiger partial charge in [0.25, 0.3) is 11.8 Å². The third-order valence-electron chi connectivity index (χ3n) is 8.18. The van der Waals surface area contributed by atoms with Crippen LogP contribution in [0.2, 0.25) is 10.0 Å². The average molecular weight is 624 g/mol. The molecule has 3 atom stereocenters. The van der Waals surface area contributed by atoms with Crippen molar-refractivity contribution in [3.63, 3.8) is 0 Å². The zero-order valence-corrected chi connectivity index (χ0v) is 23.7. The summed E-state index contributed by atoms with van der Waals surface area (Å²) in [6.07, 6.45) is -0.571. The second-order valence-corrected chi connectivity index (χ2v) is 11.2. The summed E-state index contributed by atoms with van der Waals surface area (Å²) in [6.45, 7) is 3.98. The van der Waals surface area contributed by atoms with Gasteiger partial charge in [-0.3, -0.25) is 15.0 Å². The summed E-state index contributed by atoms with van der Waals surface area (Å²) in [5.41, 5.74) is 1.40. The van der Waals surface area contributed by atoms with E-state index in [-0.39, 0.29) is 18.0 Å². The van der Waals surface area contributed by atoms with Gasteiger partial charge in [0.2, 0.25) is 0 Å². The number of aromatic hydroxyl groups is 1. The van der Waals surface area contributed by atoms with Crippen LogP contribution in [-0.4, -0.2) is 26.9 Å². The van der Waals surface area contributed by atoms with Gasteiger partial charge in [-0.25, -0.2) is 4.98 Å². The monoisotopic (exact) mass is 623 g/mol. The lowest BCUT2D eigenvalue weighted by Crippen LogP contribution is -2.48. The second kappa shape index (κ2) is 10.4. The number of phenols is 1. The number of hydrogen-bond donors (Lipinski definition) is 2. The molecule has 0 saturated carbocycles. The summed E-state index contributed by atoms with van der Waals surface area (Å²) in [5.74, 6) is -3.59. The summed E-state index contributed by atoms with van der Waals surface area (Å²) in [6, 6.07) is 17.9. The van der Waals surface area contributed by atoms with E-state index in [2.05, 4.69) is 17.0 Å². The predicted octanol–water partition coefficient (Wildman–Crippen LogP) is 7.82. The number of hydrogen-bond acceptors (Lipinski definition) is 5. The smallest absolute Gasteiger partial charge is 0.417 e. The van der Waals surface area contributed by atoms with Crippen molar-refractivity contribution in [1.29, 1.82) is 0 Å². The summed E-state index contributed by atoms with van der Waals surface area (Å²) in [4.78, 5) is 32.7. The van der Waals surface area contributed by atoms with Gasteiger partial charge in [-0.2, -0.15) is 18.2 Å². The Bertz CT molecular complexity index is 1840. The highest BCUT2D eigenvalue weighted by molar-refractivity contribution is 6.33. The van der Waals surface area contributed by atoms with Gasteiger partial charge in [0.05, 0.1) is 21.9 Å². The van der Waals surface area contributed by atoms with Crippen molar-refractivity contribution >= 4 is 51.6 Å². The lowest BCUT2D eigenvalue weighted by Gasteiger charge is -2.43. The van der Waals surface area contributed by atoms with Gasteiger partial charge in [0.1, 0.15) is 5.75 Å². The van der Waals surface area contributed by atoms with Gasteiger partial charge >= 0.3 is 6.18 Å². The van der Waals surface area contributed by atoms with Crippen molar-refractivity contribution < 1.29 is 27.9 Å². The van der Waals surface area contributed by atoms with E-state index in [1.54, 1.807) is 42.5 Å². The normalized spacial score (nSPS) is 22.0. The quantitative estimate of drug-likeness (QED) is 0.222. The third kappa shape index (κ3) is 4.46. The SMILES string of the molecule is C=CC1=CC[C@H]2C(=O)N(Nc3ncc(C(F)(F)F)cc3Cl)C(=O)[C@@]2(c2ccc(Cl)cc2)[C@H]1c1c(O)ccc2ccccc12. The Morgan fingerprint density at radius 3 is 2.47 bits per heavy atom. The minimum absolute atomic E-state index is 0.0791. The first-order valence-corrected chi connectivity index (χ1v) is 13.9. The van der Waals surface area contributed by atoms with Crippen molar-refractivity contribution in [3.05, 3.63) is 124 Å². The second-order valence-electron chi connectivity index (χ2n) is 10.4. The largest absolute Gasteiger partial charge is 0.508 e. The number of halogens is 5. The topological polar surface area (TPSA) is 82.5 Å². The number of imide groups is 1. The van der Waals surface area contributed by atoms with Gasteiger partial charge in [-0.05, 0) is 52.6 Å². The van der Waals surface area contributed by atoms with E-state index in [1.165, 1.54) is 0 Å². The van der Waals surface area contributed by atoms with Crippen molar-refractivity contribution in [2.45, 2.75) is 23.9 Å². The van der Waals surface area contributed by atoms with Crippen LogP contribution in [0.1, 0.15) is 29.0 Å².